The highest BCUT2D eigenvalue weighted by Gasteiger charge is 2.42. The zero-order valence-corrected chi connectivity index (χ0v) is 13.5. The molecule has 0 spiro atoms. The Morgan fingerprint density at radius 2 is 2.00 bits per heavy atom. The van der Waals surface area contributed by atoms with Crippen LogP contribution in [0.25, 0.3) is 11.3 Å². The Balaban J connectivity index is 2.00. The monoisotopic (exact) mass is 349 g/mol. The fourth-order valence-corrected chi connectivity index (χ4v) is 3.39. The third kappa shape index (κ3) is 3.78. The van der Waals surface area contributed by atoms with Crippen molar-refractivity contribution in [2.75, 3.05) is 0 Å². The van der Waals surface area contributed by atoms with Gasteiger partial charge >= 0.3 is 12.1 Å². The minimum absolute atomic E-state index is 0.0195. The number of aromatic nitrogens is 1. The summed E-state index contributed by atoms with van der Waals surface area (Å²) in [7, 11) is 0. The van der Waals surface area contributed by atoms with E-state index < -0.39 is 18.1 Å². The number of alkyl halides is 3. The second-order valence-electron chi connectivity index (χ2n) is 6.20. The molecule has 1 aliphatic rings. The van der Waals surface area contributed by atoms with Crippen molar-refractivity contribution in [2.24, 2.45) is 5.92 Å². The van der Waals surface area contributed by atoms with Gasteiger partial charge in [-0.25, -0.2) is 4.79 Å². The summed E-state index contributed by atoms with van der Waals surface area (Å²) in [6.45, 7) is 0.322. The topological polar surface area (TPSA) is 42.2 Å². The number of carboxylic acids is 1. The van der Waals surface area contributed by atoms with Crippen LogP contribution in [0.4, 0.5) is 13.2 Å². The second kappa shape index (κ2) is 6.78. The highest BCUT2D eigenvalue weighted by Crippen LogP contribution is 2.39. The van der Waals surface area contributed by atoms with Gasteiger partial charge in [0.05, 0.1) is 5.92 Å². The average Bonchev–Trinajstić information content (AvgIpc) is 2.92. The van der Waals surface area contributed by atoms with Crippen LogP contribution >= 0.6 is 0 Å². The van der Waals surface area contributed by atoms with E-state index in [9.17, 15) is 18.0 Å². The third-order valence-electron chi connectivity index (χ3n) is 4.58. The van der Waals surface area contributed by atoms with Gasteiger partial charge in [0.1, 0.15) is 0 Å². The molecule has 3 nitrogen and oxygen atoms in total. The summed E-state index contributed by atoms with van der Waals surface area (Å²) >= 11 is 0. The number of nitrogens with zero attached hydrogens (tertiary/aromatic N) is 1. The summed E-state index contributed by atoms with van der Waals surface area (Å²) in [5.41, 5.74) is 3.30. The number of rotatable bonds is 4. The summed E-state index contributed by atoms with van der Waals surface area (Å²) in [6.07, 6.45) is -1.22. The van der Waals surface area contributed by atoms with Crippen LogP contribution in [0.15, 0.2) is 48.6 Å². The van der Waals surface area contributed by atoms with Crippen LogP contribution in [0.1, 0.15) is 17.7 Å². The molecule has 1 aromatic heterocycles. The molecule has 1 atom stereocenters. The van der Waals surface area contributed by atoms with E-state index in [1.54, 1.807) is 0 Å². The van der Waals surface area contributed by atoms with Crippen molar-refractivity contribution in [3.63, 3.8) is 0 Å². The zero-order chi connectivity index (χ0) is 18.0. The number of hydrogen-bond donors (Lipinski definition) is 1. The lowest BCUT2D eigenvalue weighted by atomic mass is 9.87. The SMILES string of the molecule is O=C(O)/C=C/Cn1c(-c2ccccc2)cc2c1CCC(C(F)(F)F)C2. The van der Waals surface area contributed by atoms with Crippen LogP contribution in [0.2, 0.25) is 0 Å². The molecule has 0 saturated heterocycles. The first kappa shape index (κ1) is 17.3. The molecule has 1 heterocycles. The lowest BCUT2D eigenvalue weighted by Crippen LogP contribution is -2.29. The number of allylic oxidation sites excluding steroid dienone is 1. The highest BCUT2D eigenvalue weighted by molar-refractivity contribution is 5.79. The van der Waals surface area contributed by atoms with Crippen LogP contribution in [0, 0.1) is 5.92 Å². The molecule has 1 aromatic carbocycles. The summed E-state index contributed by atoms with van der Waals surface area (Å²) in [6, 6.07) is 11.2. The molecule has 0 aliphatic heterocycles. The summed E-state index contributed by atoms with van der Waals surface area (Å²) in [5.74, 6) is -2.35. The first-order valence-corrected chi connectivity index (χ1v) is 8.09. The van der Waals surface area contributed by atoms with Gasteiger partial charge in [0.15, 0.2) is 0 Å². The van der Waals surface area contributed by atoms with Crippen molar-refractivity contribution in [2.45, 2.75) is 32.0 Å². The molecule has 0 saturated carbocycles. The van der Waals surface area contributed by atoms with Gasteiger partial charge in [-0.05, 0) is 36.5 Å². The number of benzene rings is 1. The maximum absolute atomic E-state index is 13.1. The van der Waals surface area contributed by atoms with Crippen molar-refractivity contribution in [3.05, 3.63) is 59.8 Å². The van der Waals surface area contributed by atoms with E-state index in [1.165, 1.54) is 6.08 Å². The minimum Gasteiger partial charge on any atom is -0.478 e. The van der Waals surface area contributed by atoms with Crippen molar-refractivity contribution in [1.82, 2.24) is 4.57 Å². The molecule has 1 N–H and O–H groups in total. The highest BCUT2D eigenvalue weighted by atomic mass is 19.4. The van der Waals surface area contributed by atoms with E-state index in [2.05, 4.69) is 0 Å². The summed E-state index contributed by atoms with van der Waals surface area (Å²) < 4.78 is 41.1. The second-order valence-corrected chi connectivity index (χ2v) is 6.20. The van der Waals surface area contributed by atoms with Crippen LogP contribution in [0.3, 0.4) is 0 Å². The molecule has 0 radical (unpaired) electrons. The van der Waals surface area contributed by atoms with Gasteiger partial charge in [0.2, 0.25) is 0 Å². The van der Waals surface area contributed by atoms with Crippen molar-refractivity contribution in [3.8, 4) is 11.3 Å². The van der Waals surface area contributed by atoms with Gasteiger partial charge in [-0.3, -0.25) is 0 Å². The predicted molar refractivity (Wildman–Crippen MR) is 88.2 cm³/mol. The maximum atomic E-state index is 13.1. The lowest BCUT2D eigenvalue weighted by molar-refractivity contribution is -0.177. The summed E-state index contributed by atoms with van der Waals surface area (Å²) in [4.78, 5) is 10.7. The van der Waals surface area contributed by atoms with Crippen molar-refractivity contribution in [1.29, 1.82) is 0 Å². The first-order valence-electron chi connectivity index (χ1n) is 8.09. The van der Waals surface area contributed by atoms with E-state index in [0.29, 0.717) is 18.5 Å². The Hall–Kier alpha value is -2.50. The van der Waals surface area contributed by atoms with Crippen molar-refractivity contribution < 1.29 is 23.1 Å². The number of carboxylic acid groups (broad SMARTS) is 1. The number of carbonyl (C=O) groups is 1. The van der Waals surface area contributed by atoms with Crippen molar-refractivity contribution >= 4 is 5.97 Å². The Labute approximate surface area is 143 Å². The third-order valence-corrected chi connectivity index (χ3v) is 4.58. The van der Waals surface area contributed by atoms with E-state index in [1.807, 2.05) is 41.0 Å². The largest absolute Gasteiger partial charge is 0.478 e. The molecule has 3 rings (SSSR count). The molecule has 0 bridgehead atoms. The van der Waals surface area contributed by atoms with E-state index in [0.717, 1.165) is 23.0 Å². The van der Waals surface area contributed by atoms with E-state index in [-0.39, 0.29) is 12.8 Å². The molecular formula is C19H18F3NO2. The van der Waals surface area contributed by atoms with E-state index >= 15 is 0 Å². The maximum Gasteiger partial charge on any atom is 0.392 e. The fourth-order valence-electron chi connectivity index (χ4n) is 3.39. The Morgan fingerprint density at radius 3 is 2.64 bits per heavy atom. The van der Waals surface area contributed by atoms with Crippen LogP contribution < -0.4 is 0 Å². The minimum atomic E-state index is -4.18. The Kier molecular flexibility index (Phi) is 4.70. The predicted octanol–water partition coefficient (Wildman–Crippen LogP) is 4.46. The van der Waals surface area contributed by atoms with Gasteiger partial charge in [-0.2, -0.15) is 13.2 Å². The summed E-state index contributed by atoms with van der Waals surface area (Å²) in [5, 5.41) is 8.77. The number of halogens is 3. The zero-order valence-electron chi connectivity index (χ0n) is 13.5. The molecule has 6 heteroatoms. The molecular weight excluding hydrogens is 331 g/mol. The Bertz CT molecular complexity index is 791. The number of fused-ring (bicyclic) bond motifs is 1. The number of aliphatic carboxylic acids is 1. The van der Waals surface area contributed by atoms with Crippen LogP contribution in [0.5, 0.6) is 0 Å². The molecule has 25 heavy (non-hydrogen) atoms. The van der Waals surface area contributed by atoms with Gasteiger partial charge in [-0.15, -0.1) is 0 Å². The molecule has 2 aromatic rings. The number of hydrogen-bond acceptors (Lipinski definition) is 1. The van der Waals surface area contributed by atoms with E-state index in [4.69, 9.17) is 5.11 Å². The average molecular weight is 349 g/mol. The lowest BCUT2D eigenvalue weighted by Gasteiger charge is -2.25. The molecule has 1 unspecified atom stereocenters. The van der Waals surface area contributed by atoms with Gasteiger partial charge < -0.3 is 9.67 Å². The smallest absolute Gasteiger partial charge is 0.392 e. The Morgan fingerprint density at radius 1 is 1.28 bits per heavy atom. The van der Waals surface area contributed by atoms with Gasteiger partial charge in [0, 0.05) is 24.0 Å². The molecule has 0 fully saturated rings. The van der Waals surface area contributed by atoms with Gasteiger partial charge in [0.25, 0.3) is 0 Å². The fraction of sp³-hybridized carbons (Fsp3) is 0.316. The quantitative estimate of drug-likeness (QED) is 0.828. The standard InChI is InChI=1S/C19H18F3NO2/c20-19(21,22)15-8-9-16-14(11-15)12-17(13-5-2-1-3-6-13)23(16)10-4-7-18(24)25/h1-7,12,15H,8-11H2,(H,24,25)/b7-4+. The normalized spacial score (nSPS) is 17.6. The molecule has 1 aliphatic carbocycles. The molecule has 132 valence electrons. The van der Waals surface area contributed by atoms with Gasteiger partial charge in [-0.1, -0.05) is 36.4 Å². The van der Waals surface area contributed by atoms with Crippen LogP contribution in [-0.4, -0.2) is 21.8 Å². The first-order chi connectivity index (χ1) is 11.9. The van der Waals surface area contributed by atoms with Crippen LogP contribution in [-0.2, 0) is 24.2 Å². The molecule has 0 amide bonds.